The lowest BCUT2D eigenvalue weighted by molar-refractivity contribution is -0.148. The molecule has 10 rings (SSSR count). The van der Waals surface area contributed by atoms with Crippen molar-refractivity contribution in [3.05, 3.63) is 142 Å². The lowest BCUT2D eigenvalue weighted by atomic mass is 9.88. The van der Waals surface area contributed by atoms with Crippen LogP contribution in [0.2, 0.25) is 0 Å². The van der Waals surface area contributed by atoms with Crippen molar-refractivity contribution in [2.45, 2.75) is 165 Å². The second-order valence-corrected chi connectivity index (χ2v) is 26.6. The number of amides is 9. The topological polar surface area (TPSA) is 357 Å². The average molecular weight is 1380 g/mol. The second-order valence-electron chi connectivity index (χ2n) is 26.6. The highest BCUT2D eigenvalue weighted by molar-refractivity contribution is 6.00. The number of hydrogen-bond donors (Lipinski definition) is 9. The molecule has 0 radical (unpaired) electrons. The van der Waals surface area contributed by atoms with E-state index in [0.717, 1.165) is 5.56 Å². The number of methoxy groups -OCH3 is 1. The minimum Gasteiger partial charge on any atom is -0.497 e. The number of carbonyl (C=O) groups is 11. The highest BCUT2D eigenvalue weighted by atomic mass is 19.1. The quantitative estimate of drug-likeness (QED) is 0.113. The Hall–Kier alpha value is -9.86. The number of aliphatic hydroxyl groups is 1. The fourth-order valence-electron chi connectivity index (χ4n) is 13.7. The van der Waals surface area contributed by atoms with Crippen molar-refractivity contribution in [3.63, 3.8) is 0 Å². The smallest absolute Gasteiger partial charge is 0.246 e. The van der Waals surface area contributed by atoms with E-state index >= 15 is 28.4 Å². The summed E-state index contributed by atoms with van der Waals surface area (Å²) in [6.45, 7) is 3.40. The van der Waals surface area contributed by atoms with E-state index in [2.05, 4.69) is 37.2 Å². The van der Waals surface area contributed by atoms with Crippen LogP contribution >= 0.6 is 0 Å². The van der Waals surface area contributed by atoms with Crippen LogP contribution in [0.25, 0.3) is 10.9 Å². The molecule has 2 saturated heterocycles. The van der Waals surface area contributed by atoms with Crippen LogP contribution < -0.4 is 52.4 Å². The molecule has 11 bridgehead atoms. The van der Waals surface area contributed by atoms with Crippen molar-refractivity contribution in [2.24, 2.45) is 11.7 Å². The number of Topliss-reactive ketones (excluding diaryl/α,β-unsaturated/α-hetero) is 2. The summed E-state index contributed by atoms with van der Waals surface area (Å²) < 4.78 is 35.6. The maximum absolute atomic E-state index is 16.1. The van der Waals surface area contributed by atoms with Gasteiger partial charge in [-0.15, -0.1) is 0 Å². The molecule has 10 atom stereocenters. The average Bonchev–Trinajstić information content (AvgIpc) is 1.60. The number of nitrogens with two attached hydrogens (primary N) is 1. The van der Waals surface area contributed by atoms with Crippen molar-refractivity contribution in [1.82, 2.24) is 51.6 Å². The zero-order valence-electron chi connectivity index (χ0n) is 56.6. The molecule has 2 fully saturated rings. The van der Waals surface area contributed by atoms with E-state index < -0.39 is 144 Å². The molecule has 4 aromatic carbocycles. The number of allylic oxidation sites excluding steroid dienone is 1. The van der Waals surface area contributed by atoms with Gasteiger partial charge in [-0.3, -0.25) is 52.7 Å². The number of fused-ring (bicyclic) bond motifs is 10. The summed E-state index contributed by atoms with van der Waals surface area (Å²) in [4.78, 5) is 163. The van der Waals surface area contributed by atoms with Gasteiger partial charge in [0.15, 0.2) is 5.78 Å². The van der Waals surface area contributed by atoms with Crippen LogP contribution in [-0.4, -0.2) is 185 Å². The van der Waals surface area contributed by atoms with Crippen molar-refractivity contribution < 1.29 is 76.4 Å². The molecule has 9 amide bonds. The Labute approximate surface area is 578 Å². The van der Waals surface area contributed by atoms with Crippen molar-refractivity contribution >= 4 is 75.6 Å². The molecule has 0 spiro atoms. The van der Waals surface area contributed by atoms with Crippen LogP contribution in [0.5, 0.6) is 11.5 Å². The highest BCUT2D eigenvalue weighted by Crippen LogP contribution is 2.34. The summed E-state index contributed by atoms with van der Waals surface area (Å²) in [5.41, 5.74) is 8.77. The van der Waals surface area contributed by atoms with Crippen molar-refractivity contribution in [2.75, 3.05) is 46.5 Å². The molecule has 0 aliphatic carbocycles. The predicted octanol–water partition coefficient (Wildman–Crippen LogP) is 1.78. The molecule has 5 aliphatic rings. The number of nitrogens with one attached hydrogen (secondary N) is 7. The predicted molar refractivity (Wildman–Crippen MR) is 363 cm³/mol. The van der Waals surface area contributed by atoms with E-state index in [1.54, 1.807) is 73.8 Å². The van der Waals surface area contributed by atoms with Crippen LogP contribution in [0.3, 0.4) is 0 Å². The fraction of sp³-hybridized carbons (Fsp3) is 0.466. The molecule has 5 aromatic rings. The number of aliphatic hydroxyl groups excluding tert-OH is 1. The monoisotopic (exact) mass is 1380 g/mol. The molecule has 0 saturated carbocycles. The third kappa shape index (κ3) is 17.8. The number of ketones is 2. The van der Waals surface area contributed by atoms with Gasteiger partial charge in [0.2, 0.25) is 53.2 Å². The Morgan fingerprint density at radius 3 is 2.27 bits per heavy atom. The first-order chi connectivity index (χ1) is 48.0. The minimum absolute atomic E-state index is 0.0174. The first-order valence-electron chi connectivity index (χ1n) is 34.1. The number of nitrogens with zero attached hydrogens (tertiary/aromatic N) is 3. The number of aromatic nitrogens is 1. The first-order valence-corrected chi connectivity index (χ1v) is 34.1. The Kier molecular flexibility index (Phi) is 24.0. The van der Waals surface area contributed by atoms with Crippen molar-refractivity contribution in [3.8, 4) is 11.5 Å². The maximum Gasteiger partial charge on any atom is 0.246 e. The number of benzene rings is 4. The standard InChI is InChI=1S/C73H88FN11O15/c1-42-66(91)81-57(38-75)67(92)79-55-33-46-9-7-10-47(31-46)39-77-63(90)41-100-60-24-29-84-65(60)69(94)82-64(43(2)86)68(93)80-56(32-44-12-19-53(98-4)20-13-44)71(96)85-28-8-25-73(85,3)72(97)76-26-23-45-11-14-48(15-17-52(87)18-22-62(89)78-42)61(34-45)99-30-6-5-27-83-40-50(35-49(70(84)95)36-59(55)88)54-37-51(74)16-21-58(54)83/h5-7,9-14,16,19-21,31,34,37,40,42-43,49,55-57,60,64-65,86H,8,15,17-18,22-30,32-33,35-36,38-39,41,75H2,1-4H3,(H,76,97)(H,77,90)(H,78,89)(H,79,92)(H,80,93)(H,81,91)(H,82,94)/b6-5+/t42-,43+,49+,55-,56-,57+,60-,64-,65-,73-/m0/s1. The largest absolute Gasteiger partial charge is 0.497 e. The van der Waals surface area contributed by atoms with Crippen LogP contribution in [0, 0.1) is 11.7 Å². The minimum atomic E-state index is -1.83. The van der Waals surface area contributed by atoms with E-state index in [4.69, 9.17) is 19.9 Å². The third-order valence-electron chi connectivity index (χ3n) is 19.4. The summed E-state index contributed by atoms with van der Waals surface area (Å²) in [5.74, 6) is -8.91. The zero-order valence-corrected chi connectivity index (χ0v) is 56.6. The van der Waals surface area contributed by atoms with E-state index in [-0.39, 0.29) is 103 Å². The van der Waals surface area contributed by atoms with Crippen LogP contribution in [0.4, 0.5) is 4.39 Å². The second kappa shape index (κ2) is 32.9. The molecule has 10 N–H and O–H groups in total. The Balaban J connectivity index is 1.10. The summed E-state index contributed by atoms with van der Waals surface area (Å²) >= 11 is 0. The Morgan fingerprint density at radius 2 is 1.50 bits per heavy atom. The lowest BCUT2D eigenvalue weighted by Gasteiger charge is -2.37. The zero-order chi connectivity index (χ0) is 71.4. The fourth-order valence-corrected chi connectivity index (χ4v) is 13.7. The van der Waals surface area contributed by atoms with Crippen molar-refractivity contribution in [1.29, 1.82) is 0 Å². The first kappa shape index (κ1) is 72.9. The Morgan fingerprint density at radius 1 is 0.730 bits per heavy atom. The van der Waals surface area contributed by atoms with E-state index in [1.807, 2.05) is 28.8 Å². The number of halogens is 1. The number of hydrogen-bond acceptors (Lipinski definition) is 16. The molecular formula is C73H88FN11O15. The number of rotatable bonds is 5. The lowest BCUT2D eigenvalue weighted by Crippen LogP contribution is -2.63. The van der Waals surface area contributed by atoms with Crippen LogP contribution in [0.15, 0.2) is 103 Å². The highest BCUT2D eigenvalue weighted by Gasteiger charge is 2.50. The van der Waals surface area contributed by atoms with Crippen LogP contribution in [0.1, 0.15) is 99.1 Å². The van der Waals surface area contributed by atoms with Gasteiger partial charge in [0.25, 0.3) is 0 Å². The van der Waals surface area contributed by atoms with Gasteiger partial charge in [-0.1, -0.05) is 54.6 Å². The summed E-state index contributed by atoms with van der Waals surface area (Å²) in [5, 5.41) is 31.1. The van der Waals surface area contributed by atoms with Crippen LogP contribution in [-0.2, 0) is 103 Å². The molecule has 100 heavy (non-hydrogen) atoms. The van der Waals surface area contributed by atoms with Gasteiger partial charge in [0.05, 0.1) is 25.4 Å². The van der Waals surface area contributed by atoms with E-state index in [1.165, 1.54) is 42.9 Å². The molecule has 1 aromatic heterocycles. The van der Waals surface area contributed by atoms with Gasteiger partial charge in [-0.05, 0) is 142 Å². The van der Waals surface area contributed by atoms with Gasteiger partial charge in [-0.2, -0.15) is 0 Å². The van der Waals surface area contributed by atoms with Gasteiger partial charge in [0, 0.05) is 94.4 Å². The van der Waals surface area contributed by atoms with Gasteiger partial charge >= 0.3 is 0 Å². The summed E-state index contributed by atoms with van der Waals surface area (Å²) in [6, 6.07) is 14.1. The van der Waals surface area contributed by atoms with E-state index in [9.17, 15) is 33.9 Å². The number of aryl methyl sites for hydroxylation is 1. The SMILES string of the molecule is COc1ccc(C[C@@H]2NC(=O)[C@H]([C@@H](C)O)NC(=O)[C@@H]3[C@@H]4CCN3C(=O)[C@H]3CC(=O)[C@H](Cc5cccc(c5)CNC(=O)CO4)NC(=O)[C@@H](CN)NC(=O)[C@H](C)NC(=O)CCC(=O)CCc4ccc(cc4OC/C=C/Cn4cc(c5cc(F)ccc54)C3)CCNC(=O)[C@]3(C)CCCN3C2=O)cc1. The Bertz CT molecular complexity index is 3950. The van der Waals surface area contributed by atoms with Gasteiger partial charge in [-0.25, -0.2) is 4.39 Å². The normalized spacial score (nSPS) is 26.4. The summed E-state index contributed by atoms with van der Waals surface area (Å²) in [7, 11) is 1.49. The van der Waals surface area contributed by atoms with E-state index in [0.29, 0.717) is 63.1 Å². The molecule has 26 nitrogen and oxygen atoms in total. The maximum atomic E-state index is 16.1. The number of ether oxygens (including phenoxy) is 3. The number of carbonyl (C=O) groups excluding carboxylic acids is 11. The van der Waals surface area contributed by atoms with Gasteiger partial charge in [0.1, 0.15) is 72.1 Å². The molecule has 5 aliphatic heterocycles. The molecule has 0 unspecified atom stereocenters. The molecule has 532 valence electrons. The summed E-state index contributed by atoms with van der Waals surface area (Å²) in [6.07, 6.45) is 1.89. The third-order valence-corrected chi connectivity index (χ3v) is 19.4. The molecule has 27 heteroatoms. The van der Waals surface area contributed by atoms with Gasteiger partial charge < -0.3 is 76.6 Å². The molecule has 6 heterocycles. The molecular weight excluding hydrogens is 1290 g/mol.